The Morgan fingerprint density at radius 3 is 2.70 bits per heavy atom. The number of nitrogens with one attached hydrogen (secondary N) is 1. The van der Waals surface area contributed by atoms with E-state index in [1.165, 1.54) is 12.1 Å². The lowest BCUT2D eigenvalue weighted by Crippen LogP contribution is -2.30. The molecular weight excluding hydrogens is 364 g/mol. The van der Waals surface area contributed by atoms with Crippen molar-refractivity contribution in [2.75, 3.05) is 6.54 Å². The first-order valence-corrected chi connectivity index (χ1v) is 8.09. The summed E-state index contributed by atoms with van der Waals surface area (Å²) in [6.07, 6.45) is -0.395. The van der Waals surface area contributed by atoms with Crippen LogP contribution in [0.5, 0.6) is 0 Å². The molecule has 7 heteroatoms. The number of nitrogens with zero attached hydrogens (tertiary/aromatic N) is 1. The number of halogens is 1. The Bertz CT molecular complexity index is 684. The monoisotopic (exact) mass is 382 g/mol. The molecule has 0 bridgehead atoms. The van der Waals surface area contributed by atoms with Crippen LogP contribution < -0.4 is 5.32 Å². The fraction of sp³-hybridized carbons (Fsp3) is 0.375. The van der Waals surface area contributed by atoms with E-state index in [1.807, 2.05) is 26.0 Å². The molecule has 0 aliphatic heterocycles. The van der Waals surface area contributed by atoms with Gasteiger partial charge in [-0.3, -0.25) is 10.1 Å². The van der Waals surface area contributed by atoms with Gasteiger partial charge in [0.25, 0.3) is 5.69 Å². The summed E-state index contributed by atoms with van der Waals surface area (Å²) in [4.78, 5) is 10.3. The Morgan fingerprint density at radius 2 is 2.09 bits per heavy atom. The quantitative estimate of drug-likeness (QED) is 0.562. The van der Waals surface area contributed by atoms with Crippen LogP contribution in [0.4, 0.5) is 5.69 Å². The highest BCUT2D eigenvalue weighted by Gasteiger charge is 2.14. The number of aliphatic hydroxyl groups is 1. The highest BCUT2D eigenvalue weighted by Crippen LogP contribution is 2.32. The fourth-order valence-electron chi connectivity index (χ4n) is 2.01. The Morgan fingerprint density at radius 1 is 1.35 bits per heavy atom. The normalized spacial score (nSPS) is 12.6. The molecule has 0 saturated carbocycles. The first kappa shape index (κ1) is 17.7. The molecular formula is C16H19BrN2O4. The molecule has 0 spiro atoms. The van der Waals surface area contributed by atoms with Gasteiger partial charge in [0, 0.05) is 28.7 Å². The summed E-state index contributed by atoms with van der Waals surface area (Å²) in [5, 5.41) is 23.6. The zero-order chi connectivity index (χ0) is 17.0. The van der Waals surface area contributed by atoms with Crippen molar-refractivity contribution in [2.45, 2.75) is 26.5 Å². The maximum absolute atomic E-state index is 10.8. The molecule has 2 N–H and O–H groups in total. The summed E-state index contributed by atoms with van der Waals surface area (Å²) in [5.74, 6) is 1.57. The molecule has 1 aromatic heterocycles. The Labute approximate surface area is 142 Å². The first-order chi connectivity index (χ1) is 10.9. The number of hydrogen-bond acceptors (Lipinski definition) is 5. The minimum absolute atomic E-state index is 0.0248. The van der Waals surface area contributed by atoms with E-state index >= 15 is 0 Å². The maximum Gasteiger partial charge on any atom is 0.270 e. The van der Waals surface area contributed by atoms with Gasteiger partial charge in [-0.25, -0.2) is 0 Å². The summed E-state index contributed by atoms with van der Waals surface area (Å²) in [6, 6.07) is 8.22. The number of furan rings is 1. The molecule has 1 aromatic carbocycles. The van der Waals surface area contributed by atoms with Crippen molar-refractivity contribution in [3.8, 4) is 11.3 Å². The van der Waals surface area contributed by atoms with E-state index in [2.05, 4.69) is 21.2 Å². The van der Waals surface area contributed by atoms with Crippen LogP contribution in [0.15, 0.2) is 39.2 Å². The number of rotatable bonds is 7. The molecule has 23 heavy (non-hydrogen) atoms. The molecule has 1 atom stereocenters. The minimum Gasteiger partial charge on any atom is -0.460 e. The van der Waals surface area contributed by atoms with Crippen molar-refractivity contribution in [3.63, 3.8) is 0 Å². The van der Waals surface area contributed by atoms with Crippen LogP contribution in [0, 0.1) is 16.0 Å². The van der Waals surface area contributed by atoms with Gasteiger partial charge in [0.15, 0.2) is 0 Å². The second-order valence-electron chi connectivity index (χ2n) is 5.63. The van der Waals surface area contributed by atoms with Gasteiger partial charge in [-0.2, -0.15) is 0 Å². The third kappa shape index (κ3) is 4.63. The molecule has 0 radical (unpaired) electrons. The van der Waals surface area contributed by atoms with Crippen molar-refractivity contribution >= 4 is 21.6 Å². The Kier molecular flexibility index (Phi) is 5.92. The van der Waals surface area contributed by atoms with Crippen LogP contribution in [0.1, 0.15) is 19.6 Å². The average molecular weight is 383 g/mol. The van der Waals surface area contributed by atoms with E-state index in [9.17, 15) is 15.2 Å². The maximum atomic E-state index is 10.8. The second-order valence-corrected chi connectivity index (χ2v) is 6.48. The van der Waals surface area contributed by atoms with Gasteiger partial charge in [-0.05, 0) is 40.0 Å². The van der Waals surface area contributed by atoms with Crippen LogP contribution in [0.3, 0.4) is 0 Å². The number of aliphatic hydroxyl groups excluding tert-OH is 1. The van der Waals surface area contributed by atoms with Gasteiger partial charge in [0.1, 0.15) is 11.5 Å². The van der Waals surface area contributed by atoms with E-state index < -0.39 is 11.0 Å². The second kappa shape index (κ2) is 7.72. The molecule has 0 fully saturated rings. The molecule has 2 rings (SSSR count). The molecule has 124 valence electrons. The first-order valence-electron chi connectivity index (χ1n) is 7.30. The molecule has 0 aliphatic carbocycles. The summed E-state index contributed by atoms with van der Waals surface area (Å²) < 4.78 is 6.36. The summed E-state index contributed by atoms with van der Waals surface area (Å²) in [6.45, 7) is 4.93. The van der Waals surface area contributed by atoms with Crippen molar-refractivity contribution in [2.24, 2.45) is 5.92 Å². The standard InChI is InChI=1S/C16H19BrN2O4/c1-10(2)15(20)9-18-8-12-4-6-16(23-12)13-5-3-11(19(21)22)7-14(13)17/h3-7,10,15,18,20H,8-9H2,1-2H3. The summed E-state index contributed by atoms with van der Waals surface area (Å²) in [7, 11) is 0. The van der Waals surface area contributed by atoms with Gasteiger partial charge in [-0.1, -0.05) is 13.8 Å². The largest absolute Gasteiger partial charge is 0.460 e. The highest BCUT2D eigenvalue weighted by molar-refractivity contribution is 9.10. The van der Waals surface area contributed by atoms with Crippen LogP contribution in [-0.4, -0.2) is 22.7 Å². The number of nitro benzene ring substituents is 1. The van der Waals surface area contributed by atoms with Crippen LogP contribution in [0.25, 0.3) is 11.3 Å². The van der Waals surface area contributed by atoms with Gasteiger partial charge in [0.05, 0.1) is 17.6 Å². The van der Waals surface area contributed by atoms with E-state index in [1.54, 1.807) is 6.07 Å². The number of benzene rings is 1. The molecule has 0 amide bonds. The molecule has 6 nitrogen and oxygen atoms in total. The van der Waals surface area contributed by atoms with Gasteiger partial charge in [0.2, 0.25) is 0 Å². The van der Waals surface area contributed by atoms with E-state index in [0.29, 0.717) is 23.3 Å². The third-order valence-corrected chi connectivity index (χ3v) is 4.17. The molecule has 0 aliphatic rings. The van der Waals surface area contributed by atoms with E-state index in [0.717, 1.165) is 11.3 Å². The molecule has 1 unspecified atom stereocenters. The van der Waals surface area contributed by atoms with Gasteiger partial charge >= 0.3 is 0 Å². The van der Waals surface area contributed by atoms with Crippen LogP contribution in [0.2, 0.25) is 0 Å². The van der Waals surface area contributed by atoms with Crippen molar-refractivity contribution in [1.29, 1.82) is 0 Å². The lowest BCUT2D eigenvalue weighted by atomic mass is 10.1. The van der Waals surface area contributed by atoms with Crippen molar-refractivity contribution < 1.29 is 14.4 Å². The Hall–Kier alpha value is -1.70. The lowest BCUT2D eigenvalue weighted by Gasteiger charge is -2.14. The van der Waals surface area contributed by atoms with Crippen LogP contribution in [-0.2, 0) is 6.54 Å². The lowest BCUT2D eigenvalue weighted by molar-refractivity contribution is -0.384. The smallest absolute Gasteiger partial charge is 0.270 e. The minimum atomic E-state index is -0.438. The number of nitro groups is 1. The molecule has 2 aromatic rings. The predicted octanol–water partition coefficient (Wildman–Crippen LogP) is 3.72. The Balaban J connectivity index is 2.03. The van der Waals surface area contributed by atoms with Gasteiger partial charge in [-0.15, -0.1) is 0 Å². The SMILES string of the molecule is CC(C)C(O)CNCc1ccc(-c2ccc([N+](=O)[O-])cc2Br)o1. The fourth-order valence-corrected chi connectivity index (χ4v) is 2.58. The number of hydrogen-bond donors (Lipinski definition) is 2. The zero-order valence-electron chi connectivity index (χ0n) is 13.0. The van der Waals surface area contributed by atoms with E-state index in [4.69, 9.17) is 4.42 Å². The van der Waals surface area contributed by atoms with Gasteiger partial charge < -0.3 is 14.8 Å². The predicted molar refractivity (Wildman–Crippen MR) is 91.0 cm³/mol. The zero-order valence-corrected chi connectivity index (χ0v) is 14.5. The topological polar surface area (TPSA) is 88.5 Å². The number of non-ortho nitro benzene ring substituents is 1. The average Bonchev–Trinajstić information content (AvgIpc) is 2.95. The summed E-state index contributed by atoms with van der Waals surface area (Å²) in [5.41, 5.74) is 0.779. The molecule has 0 saturated heterocycles. The van der Waals surface area contributed by atoms with Crippen molar-refractivity contribution in [1.82, 2.24) is 5.32 Å². The summed E-state index contributed by atoms with van der Waals surface area (Å²) >= 11 is 3.34. The van der Waals surface area contributed by atoms with Crippen LogP contribution >= 0.6 is 15.9 Å². The van der Waals surface area contributed by atoms with Crippen molar-refractivity contribution in [3.05, 3.63) is 50.7 Å². The third-order valence-electron chi connectivity index (χ3n) is 3.51. The van der Waals surface area contributed by atoms with E-state index in [-0.39, 0.29) is 11.6 Å². The molecule has 1 heterocycles. The highest BCUT2D eigenvalue weighted by atomic mass is 79.9.